The second-order valence-corrected chi connectivity index (χ2v) is 6.39. The van der Waals surface area contributed by atoms with Crippen LogP contribution in [0.4, 0.5) is 5.82 Å². The van der Waals surface area contributed by atoms with Crippen molar-refractivity contribution < 1.29 is 0 Å². The molecule has 0 aromatic carbocycles. The van der Waals surface area contributed by atoms with Gasteiger partial charge < -0.3 is 4.90 Å². The zero-order valence-electron chi connectivity index (χ0n) is 14.9. The topological polar surface area (TPSA) is 91.7 Å². The highest BCUT2D eigenvalue weighted by Crippen LogP contribution is 2.26. The zero-order valence-corrected chi connectivity index (χ0v) is 14.9. The summed E-state index contributed by atoms with van der Waals surface area (Å²) >= 11 is 0. The maximum atomic E-state index is 4.56. The van der Waals surface area contributed by atoms with E-state index in [1.54, 1.807) is 0 Å². The summed E-state index contributed by atoms with van der Waals surface area (Å²) in [6.07, 6.45) is 6.97. The van der Waals surface area contributed by atoms with Crippen LogP contribution in [0.2, 0.25) is 0 Å². The van der Waals surface area contributed by atoms with Crippen molar-refractivity contribution >= 4 is 5.82 Å². The van der Waals surface area contributed by atoms with Gasteiger partial charge in [-0.05, 0) is 36.3 Å². The van der Waals surface area contributed by atoms with E-state index >= 15 is 0 Å². The van der Waals surface area contributed by atoms with E-state index in [1.807, 2.05) is 29.2 Å². The van der Waals surface area contributed by atoms with Gasteiger partial charge in [0.2, 0.25) is 5.82 Å². The van der Waals surface area contributed by atoms with Crippen LogP contribution in [0, 0.1) is 0 Å². The first-order valence-electron chi connectivity index (χ1n) is 9.01. The predicted octanol–water partition coefficient (Wildman–Crippen LogP) is 0.843. The molecule has 1 N–H and O–H groups in total. The SMILES string of the molecule is CCn1cc(CCN2CCN(c3ncccc3-c3nn[nH]n3)CC2)cn1. The minimum Gasteiger partial charge on any atom is -0.353 e. The van der Waals surface area contributed by atoms with Gasteiger partial charge in [0.05, 0.1) is 11.8 Å². The van der Waals surface area contributed by atoms with Crippen LogP contribution in [0.15, 0.2) is 30.7 Å². The second kappa shape index (κ2) is 7.61. The molecule has 1 saturated heterocycles. The fourth-order valence-electron chi connectivity index (χ4n) is 3.28. The first kappa shape index (κ1) is 16.6. The molecule has 3 aromatic rings. The molecule has 9 nitrogen and oxygen atoms in total. The van der Waals surface area contributed by atoms with Crippen LogP contribution >= 0.6 is 0 Å². The largest absolute Gasteiger partial charge is 0.353 e. The Morgan fingerprint density at radius 1 is 1.19 bits per heavy atom. The molecule has 26 heavy (non-hydrogen) atoms. The number of rotatable bonds is 6. The third-order valence-corrected chi connectivity index (χ3v) is 4.77. The molecule has 1 aliphatic rings. The molecule has 9 heteroatoms. The number of aromatic nitrogens is 7. The van der Waals surface area contributed by atoms with E-state index in [9.17, 15) is 0 Å². The monoisotopic (exact) mass is 353 g/mol. The van der Waals surface area contributed by atoms with E-state index in [4.69, 9.17) is 0 Å². The molecular weight excluding hydrogens is 330 g/mol. The van der Waals surface area contributed by atoms with E-state index in [0.29, 0.717) is 5.82 Å². The third-order valence-electron chi connectivity index (χ3n) is 4.77. The van der Waals surface area contributed by atoms with Crippen LogP contribution in [0.25, 0.3) is 11.4 Å². The molecule has 0 unspecified atom stereocenters. The summed E-state index contributed by atoms with van der Waals surface area (Å²) in [4.78, 5) is 9.36. The average molecular weight is 353 g/mol. The summed E-state index contributed by atoms with van der Waals surface area (Å²) in [5.74, 6) is 1.52. The van der Waals surface area contributed by atoms with Gasteiger partial charge in [-0.25, -0.2) is 4.98 Å². The second-order valence-electron chi connectivity index (χ2n) is 6.39. The van der Waals surface area contributed by atoms with Crippen molar-refractivity contribution in [2.75, 3.05) is 37.6 Å². The zero-order chi connectivity index (χ0) is 17.8. The summed E-state index contributed by atoms with van der Waals surface area (Å²) < 4.78 is 1.98. The van der Waals surface area contributed by atoms with Gasteiger partial charge in [-0.3, -0.25) is 9.58 Å². The normalized spacial score (nSPS) is 15.5. The van der Waals surface area contributed by atoms with Gasteiger partial charge in [-0.1, -0.05) is 0 Å². The van der Waals surface area contributed by atoms with Crippen molar-refractivity contribution in [3.8, 4) is 11.4 Å². The number of aryl methyl sites for hydroxylation is 1. The van der Waals surface area contributed by atoms with Crippen LogP contribution in [0.3, 0.4) is 0 Å². The molecule has 3 aromatic heterocycles. The molecule has 0 saturated carbocycles. The lowest BCUT2D eigenvalue weighted by molar-refractivity contribution is 0.260. The van der Waals surface area contributed by atoms with Crippen molar-refractivity contribution in [2.24, 2.45) is 0 Å². The Balaban J connectivity index is 1.35. The fourth-order valence-corrected chi connectivity index (χ4v) is 3.28. The van der Waals surface area contributed by atoms with E-state index in [1.165, 1.54) is 5.56 Å². The molecule has 4 rings (SSSR count). The first-order chi connectivity index (χ1) is 12.8. The van der Waals surface area contributed by atoms with Crippen LogP contribution in [0.5, 0.6) is 0 Å². The van der Waals surface area contributed by atoms with Gasteiger partial charge in [0, 0.05) is 51.7 Å². The number of nitrogens with zero attached hydrogens (tertiary/aromatic N) is 8. The van der Waals surface area contributed by atoms with Crippen molar-refractivity contribution in [1.82, 2.24) is 40.3 Å². The van der Waals surface area contributed by atoms with E-state index in [-0.39, 0.29) is 0 Å². The van der Waals surface area contributed by atoms with Crippen molar-refractivity contribution in [3.05, 3.63) is 36.3 Å². The number of aromatic amines is 1. The van der Waals surface area contributed by atoms with Gasteiger partial charge >= 0.3 is 0 Å². The maximum absolute atomic E-state index is 4.56. The number of hydrogen-bond acceptors (Lipinski definition) is 7. The molecule has 1 aliphatic heterocycles. The van der Waals surface area contributed by atoms with Crippen LogP contribution < -0.4 is 4.90 Å². The lowest BCUT2D eigenvalue weighted by Gasteiger charge is -2.35. The van der Waals surface area contributed by atoms with Gasteiger partial charge in [0.15, 0.2) is 0 Å². The number of tetrazole rings is 1. The van der Waals surface area contributed by atoms with Gasteiger partial charge in [0.1, 0.15) is 5.82 Å². The summed E-state index contributed by atoms with van der Waals surface area (Å²) in [6.45, 7) is 8.01. The molecule has 0 spiro atoms. The average Bonchev–Trinajstić information content (AvgIpc) is 3.39. The van der Waals surface area contributed by atoms with E-state index < -0.39 is 0 Å². The molecule has 4 heterocycles. The molecular formula is C17H23N9. The molecule has 0 aliphatic carbocycles. The smallest absolute Gasteiger partial charge is 0.208 e. The number of H-pyrrole nitrogens is 1. The minimum atomic E-state index is 0.587. The Morgan fingerprint density at radius 2 is 2.08 bits per heavy atom. The third kappa shape index (κ3) is 3.57. The molecule has 0 bridgehead atoms. The quantitative estimate of drug-likeness (QED) is 0.702. The van der Waals surface area contributed by atoms with Crippen molar-refractivity contribution in [3.63, 3.8) is 0 Å². The summed E-state index contributed by atoms with van der Waals surface area (Å²) in [5.41, 5.74) is 2.22. The number of anilines is 1. The Kier molecular flexibility index (Phi) is 4.87. The van der Waals surface area contributed by atoms with Gasteiger partial charge in [0.25, 0.3) is 0 Å². The summed E-state index contributed by atoms with van der Waals surface area (Å²) in [5, 5.41) is 18.7. The minimum absolute atomic E-state index is 0.587. The molecule has 0 atom stereocenters. The highest BCUT2D eigenvalue weighted by atomic mass is 15.5. The number of hydrogen-bond donors (Lipinski definition) is 1. The van der Waals surface area contributed by atoms with Gasteiger partial charge in [-0.2, -0.15) is 10.3 Å². The summed E-state index contributed by atoms with van der Waals surface area (Å²) in [7, 11) is 0. The standard InChI is InChI=1S/C17H23N9/c1-2-26-13-14(12-19-26)5-7-24-8-10-25(11-9-24)17-15(4-3-6-18-17)16-20-22-23-21-16/h3-4,6,12-13H,2,5,7-11H2,1H3,(H,20,21,22,23). The fraction of sp³-hybridized carbons (Fsp3) is 0.471. The summed E-state index contributed by atoms with van der Waals surface area (Å²) in [6, 6.07) is 3.90. The Bertz CT molecular complexity index is 818. The first-order valence-corrected chi connectivity index (χ1v) is 9.01. The number of pyridine rings is 1. The van der Waals surface area contributed by atoms with Crippen molar-refractivity contribution in [2.45, 2.75) is 19.9 Å². The van der Waals surface area contributed by atoms with Crippen LogP contribution in [-0.2, 0) is 13.0 Å². The molecule has 136 valence electrons. The number of nitrogens with one attached hydrogen (secondary N) is 1. The van der Waals surface area contributed by atoms with Crippen LogP contribution in [0.1, 0.15) is 12.5 Å². The van der Waals surface area contributed by atoms with E-state index in [2.05, 4.69) is 53.6 Å². The Hall–Kier alpha value is -2.81. The van der Waals surface area contributed by atoms with Gasteiger partial charge in [-0.15, -0.1) is 10.2 Å². The Labute approximate surface area is 152 Å². The molecule has 0 radical (unpaired) electrons. The number of piperazine rings is 1. The van der Waals surface area contributed by atoms with Crippen LogP contribution in [-0.4, -0.2) is 73.0 Å². The van der Waals surface area contributed by atoms with E-state index in [0.717, 1.165) is 57.1 Å². The lowest BCUT2D eigenvalue weighted by Crippen LogP contribution is -2.47. The highest BCUT2D eigenvalue weighted by Gasteiger charge is 2.21. The Morgan fingerprint density at radius 3 is 2.81 bits per heavy atom. The molecule has 1 fully saturated rings. The lowest BCUT2D eigenvalue weighted by atomic mass is 10.2. The molecule has 0 amide bonds. The predicted molar refractivity (Wildman–Crippen MR) is 97.7 cm³/mol. The van der Waals surface area contributed by atoms with Crippen molar-refractivity contribution in [1.29, 1.82) is 0 Å². The maximum Gasteiger partial charge on any atom is 0.208 e. The highest BCUT2D eigenvalue weighted by molar-refractivity contribution is 5.70.